The molecule has 3 heteroatoms. The number of halogens is 1. The predicted octanol–water partition coefficient (Wildman–Crippen LogP) is 5.51. The van der Waals surface area contributed by atoms with Crippen LogP contribution in [-0.2, 0) is 4.79 Å². The van der Waals surface area contributed by atoms with Crippen molar-refractivity contribution in [2.75, 3.05) is 5.32 Å². The highest BCUT2D eigenvalue weighted by molar-refractivity contribution is 9.10. The third kappa shape index (κ3) is 2.45. The summed E-state index contributed by atoms with van der Waals surface area (Å²) in [5, 5.41) is 3.06. The van der Waals surface area contributed by atoms with E-state index in [1.165, 1.54) is 0 Å². The molecule has 0 heterocycles. The summed E-state index contributed by atoms with van der Waals surface area (Å²) in [6.07, 6.45) is 0. The highest BCUT2D eigenvalue weighted by Crippen LogP contribution is 2.44. The molecule has 0 aromatic heterocycles. The zero-order valence-electron chi connectivity index (χ0n) is 13.2. The minimum absolute atomic E-state index is 0.00292. The van der Waals surface area contributed by atoms with E-state index >= 15 is 0 Å². The first kappa shape index (κ1) is 15.2. The molecule has 0 aliphatic heterocycles. The molecule has 0 atom stereocenters. The van der Waals surface area contributed by atoms with Gasteiger partial charge in [0.05, 0.1) is 5.92 Å². The molecule has 2 nitrogen and oxygen atoms in total. The predicted molar refractivity (Wildman–Crippen MR) is 101 cm³/mol. The molecule has 118 valence electrons. The smallest absolute Gasteiger partial charge is 0.236 e. The van der Waals surface area contributed by atoms with E-state index in [1.807, 2.05) is 61.5 Å². The normalized spacial score (nSPS) is 12.6. The Morgan fingerprint density at radius 2 is 1.50 bits per heavy atom. The van der Waals surface area contributed by atoms with Crippen molar-refractivity contribution in [3.63, 3.8) is 0 Å². The van der Waals surface area contributed by atoms with Crippen LogP contribution < -0.4 is 5.32 Å². The number of benzene rings is 3. The Kier molecular flexibility index (Phi) is 3.73. The van der Waals surface area contributed by atoms with Gasteiger partial charge in [0.25, 0.3) is 0 Å². The van der Waals surface area contributed by atoms with Gasteiger partial charge in [0.1, 0.15) is 0 Å². The van der Waals surface area contributed by atoms with Crippen molar-refractivity contribution >= 4 is 27.5 Å². The molecular formula is C21H16BrNO. The van der Waals surface area contributed by atoms with Crippen molar-refractivity contribution in [3.8, 4) is 11.1 Å². The Bertz CT molecular complexity index is 903. The van der Waals surface area contributed by atoms with Gasteiger partial charge in [-0.1, -0.05) is 70.5 Å². The Morgan fingerprint density at radius 1 is 0.917 bits per heavy atom. The van der Waals surface area contributed by atoms with Crippen LogP contribution in [0.4, 0.5) is 5.69 Å². The molecular weight excluding hydrogens is 362 g/mol. The van der Waals surface area contributed by atoms with Gasteiger partial charge in [0.15, 0.2) is 0 Å². The average molecular weight is 378 g/mol. The van der Waals surface area contributed by atoms with Crippen molar-refractivity contribution in [1.29, 1.82) is 0 Å². The van der Waals surface area contributed by atoms with Crippen molar-refractivity contribution in [2.45, 2.75) is 12.8 Å². The number of carbonyl (C=O) groups excluding carboxylic acids is 1. The number of fused-ring (bicyclic) bond motifs is 3. The molecule has 1 amide bonds. The second-order valence-electron chi connectivity index (χ2n) is 6.06. The first-order chi connectivity index (χ1) is 11.6. The van der Waals surface area contributed by atoms with Crippen molar-refractivity contribution in [1.82, 2.24) is 0 Å². The van der Waals surface area contributed by atoms with E-state index in [2.05, 4.69) is 33.4 Å². The van der Waals surface area contributed by atoms with Gasteiger partial charge in [-0.25, -0.2) is 0 Å². The third-order valence-corrected chi connectivity index (χ3v) is 5.39. The fraction of sp³-hybridized carbons (Fsp3) is 0.0952. The summed E-state index contributed by atoms with van der Waals surface area (Å²) in [4.78, 5) is 13.0. The van der Waals surface area contributed by atoms with Crippen molar-refractivity contribution < 1.29 is 4.79 Å². The maximum atomic E-state index is 13.0. The monoisotopic (exact) mass is 377 g/mol. The number of hydrogen-bond donors (Lipinski definition) is 1. The maximum absolute atomic E-state index is 13.0. The molecule has 1 aliphatic carbocycles. The molecule has 4 rings (SSSR count). The van der Waals surface area contributed by atoms with Gasteiger partial charge in [-0.15, -0.1) is 0 Å². The van der Waals surface area contributed by atoms with E-state index in [4.69, 9.17) is 0 Å². The van der Waals surface area contributed by atoms with E-state index in [9.17, 15) is 4.79 Å². The van der Waals surface area contributed by atoms with Gasteiger partial charge >= 0.3 is 0 Å². The highest BCUT2D eigenvalue weighted by Gasteiger charge is 2.33. The largest absolute Gasteiger partial charge is 0.325 e. The first-order valence-electron chi connectivity index (χ1n) is 7.90. The van der Waals surface area contributed by atoms with Gasteiger partial charge in [0, 0.05) is 10.2 Å². The zero-order chi connectivity index (χ0) is 16.7. The summed E-state index contributed by atoms with van der Waals surface area (Å²) in [6.45, 7) is 2.03. The second kappa shape index (κ2) is 5.91. The first-order valence-corrected chi connectivity index (χ1v) is 8.69. The van der Waals surface area contributed by atoms with Gasteiger partial charge < -0.3 is 5.32 Å². The SMILES string of the molecule is Cc1ccc(NC(=O)C2c3ccccc3-c3ccccc32)cc1Br. The van der Waals surface area contributed by atoms with E-state index in [1.54, 1.807) is 0 Å². The molecule has 0 fully saturated rings. The lowest BCUT2D eigenvalue weighted by molar-refractivity contribution is -0.116. The van der Waals surface area contributed by atoms with Crippen LogP contribution in [0.3, 0.4) is 0 Å². The lowest BCUT2D eigenvalue weighted by atomic mass is 9.96. The van der Waals surface area contributed by atoms with Gasteiger partial charge in [0.2, 0.25) is 5.91 Å². The maximum Gasteiger partial charge on any atom is 0.236 e. The Labute approximate surface area is 149 Å². The number of hydrogen-bond acceptors (Lipinski definition) is 1. The van der Waals surface area contributed by atoms with Crippen LogP contribution in [0.2, 0.25) is 0 Å². The third-order valence-electron chi connectivity index (χ3n) is 4.54. The lowest BCUT2D eigenvalue weighted by Gasteiger charge is -2.14. The zero-order valence-corrected chi connectivity index (χ0v) is 14.8. The fourth-order valence-corrected chi connectivity index (χ4v) is 3.70. The topological polar surface area (TPSA) is 29.1 Å². The van der Waals surface area contributed by atoms with Crippen LogP contribution in [0.25, 0.3) is 11.1 Å². The number of amides is 1. The van der Waals surface area contributed by atoms with E-state index in [0.29, 0.717) is 0 Å². The number of carbonyl (C=O) groups is 1. The van der Waals surface area contributed by atoms with Crippen LogP contribution in [-0.4, -0.2) is 5.91 Å². The molecule has 24 heavy (non-hydrogen) atoms. The summed E-state index contributed by atoms with van der Waals surface area (Å²) in [6, 6.07) is 22.2. The fourth-order valence-electron chi connectivity index (χ4n) is 3.32. The Hall–Kier alpha value is -2.39. The standard InChI is InChI=1S/C21H16BrNO/c1-13-10-11-14(12-19(13)22)23-21(24)20-17-8-4-2-6-15(17)16-7-3-5-9-18(16)20/h2-12,20H,1H3,(H,23,24). The molecule has 0 radical (unpaired) electrons. The van der Waals surface area contributed by atoms with Crippen LogP contribution in [0, 0.1) is 6.92 Å². The van der Waals surface area contributed by atoms with Crippen molar-refractivity contribution in [3.05, 3.63) is 87.9 Å². The molecule has 3 aromatic carbocycles. The molecule has 0 spiro atoms. The summed E-state index contributed by atoms with van der Waals surface area (Å²) in [5.74, 6) is -0.263. The quantitative estimate of drug-likeness (QED) is 0.626. The molecule has 0 unspecified atom stereocenters. The minimum atomic E-state index is -0.266. The number of aryl methyl sites for hydroxylation is 1. The van der Waals surface area contributed by atoms with Gasteiger partial charge in [-0.3, -0.25) is 4.79 Å². The number of nitrogens with one attached hydrogen (secondary N) is 1. The summed E-state index contributed by atoms with van der Waals surface area (Å²) >= 11 is 3.52. The lowest BCUT2D eigenvalue weighted by Crippen LogP contribution is -2.20. The van der Waals surface area contributed by atoms with E-state index in [-0.39, 0.29) is 11.8 Å². The van der Waals surface area contributed by atoms with Crippen LogP contribution in [0.1, 0.15) is 22.6 Å². The van der Waals surface area contributed by atoms with Crippen molar-refractivity contribution in [2.24, 2.45) is 0 Å². The summed E-state index contributed by atoms with van der Waals surface area (Å²) < 4.78 is 0.993. The molecule has 3 aromatic rings. The Morgan fingerprint density at radius 3 is 2.08 bits per heavy atom. The van der Waals surface area contributed by atoms with Crippen LogP contribution in [0.15, 0.2) is 71.2 Å². The van der Waals surface area contributed by atoms with E-state index in [0.717, 1.165) is 38.0 Å². The summed E-state index contributed by atoms with van der Waals surface area (Å²) in [7, 11) is 0. The van der Waals surface area contributed by atoms with Crippen LogP contribution >= 0.6 is 15.9 Å². The second-order valence-corrected chi connectivity index (χ2v) is 6.92. The Balaban J connectivity index is 1.73. The van der Waals surface area contributed by atoms with Crippen LogP contribution in [0.5, 0.6) is 0 Å². The molecule has 0 saturated carbocycles. The minimum Gasteiger partial charge on any atom is -0.325 e. The highest BCUT2D eigenvalue weighted by atomic mass is 79.9. The number of rotatable bonds is 2. The van der Waals surface area contributed by atoms with Gasteiger partial charge in [-0.2, -0.15) is 0 Å². The van der Waals surface area contributed by atoms with E-state index < -0.39 is 0 Å². The average Bonchev–Trinajstić information content (AvgIpc) is 2.93. The van der Waals surface area contributed by atoms with Gasteiger partial charge in [-0.05, 0) is 46.9 Å². The summed E-state index contributed by atoms with van der Waals surface area (Å²) in [5.41, 5.74) is 6.39. The number of anilines is 1. The molecule has 0 saturated heterocycles. The molecule has 1 aliphatic rings. The molecule has 1 N–H and O–H groups in total. The molecule has 0 bridgehead atoms.